The van der Waals surface area contributed by atoms with E-state index in [1.54, 1.807) is 0 Å². The molecule has 2 heterocycles. The Balaban J connectivity index is 1.51. The summed E-state index contributed by atoms with van der Waals surface area (Å²) in [5.41, 5.74) is 2.40. The Hall–Kier alpha value is -1.67. The largest absolute Gasteiger partial charge is 0.396 e. The molecule has 1 saturated heterocycles. The van der Waals surface area contributed by atoms with Gasteiger partial charge in [0.15, 0.2) is 0 Å². The molecule has 2 aromatic rings. The molecule has 3 rings (SSSR count). The van der Waals surface area contributed by atoms with Crippen LogP contribution in [-0.2, 0) is 4.84 Å². The summed E-state index contributed by atoms with van der Waals surface area (Å²) in [6, 6.07) is 8.58. The predicted octanol–water partition coefficient (Wildman–Crippen LogP) is 5.81. The monoisotopic (exact) mass is 554 g/mol. The van der Waals surface area contributed by atoms with Crippen LogP contribution >= 0.6 is 39.1 Å². The molecule has 0 radical (unpaired) electrons. The van der Waals surface area contributed by atoms with E-state index in [1.807, 2.05) is 19.1 Å². The average molecular weight is 556 g/mol. The summed E-state index contributed by atoms with van der Waals surface area (Å²) in [4.78, 5) is 24.2. The first kappa shape index (κ1) is 25.9. The zero-order chi connectivity index (χ0) is 23.8. The van der Waals surface area contributed by atoms with Crippen molar-refractivity contribution >= 4 is 50.8 Å². The third-order valence-electron chi connectivity index (χ3n) is 5.90. The summed E-state index contributed by atoms with van der Waals surface area (Å²) in [7, 11) is 0. The summed E-state index contributed by atoms with van der Waals surface area (Å²) >= 11 is 15.6. The average Bonchev–Trinajstić information content (AvgIpc) is 2.80. The van der Waals surface area contributed by atoms with Gasteiger partial charge in [-0.25, -0.2) is 0 Å². The van der Waals surface area contributed by atoms with Crippen LogP contribution in [0, 0.1) is 5.92 Å². The van der Waals surface area contributed by atoms with E-state index in [0.717, 1.165) is 48.1 Å². The van der Waals surface area contributed by atoms with Gasteiger partial charge in [0, 0.05) is 35.4 Å². The van der Waals surface area contributed by atoms with Gasteiger partial charge in [-0.3, -0.25) is 9.78 Å². The second-order valence-corrected chi connectivity index (χ2v) is 9.81. The molecule has 1 aromatic carbocycles. The summed E-state index contributed by atoms with van der Waals surface area (Å²) in [6.45, 7) is 7.19. The lowest BCUT2D eigenvalue weighted by Gasteiger charge is -2.36. The normalized spacial score (nSPS) is 16.5. The minimum absolute atomic E-state index is 0.255. The van der Waals surface area contributed by atoms with Crippen molar-refractivity contribution in [2.75, 3.05) is 26.2 Å². The second kappa shape index (κ2) is 12.7. The summed E-state index contributed by atoms with van der Waals surface area (Å²) < 4.78 is 1.05. The third-order valence-corrected chi connectivity index (χ3v) is 7.00. The van der Waals surface area contributed by atoms with Gasteiger partial charge < -0.3 is 15.1 Å². The topological polar surface area (TPSA) is 66.8 Å². The quantitative estimate of drug-likeness (QED) is 0.313. The van der Waals surface area contributed by atoms with Crippen LogP contribution < -0.4 is 5.32 Å². The van der Waals surface area contributed by atoms with Crippen molar-refractivity contribution in [3.8, 4) is 0 Å². The summed E-state index contributed by atoms with van der Waals surface area (Å²) in [6.07, 6.45) is 5.71. The number of carbonyl (C=O) groups is 1. The van der Waals surface area contributed by atoms with Crippen LogP contribution in [0.25, 0.3) is 0 Å². The van der Waals surface area contributed by atoms with Crippen LogP contribution in [0.1, 0.15) is 49.0 Å². The fourth-order valence-corrected chi connectivity index (χ4v) is 4.83. The first-order valence-corrected chi connectivity index (χ1v) is 12.7. The molecule has 0 aliphatic carbocycles. The Bertz CT molecular complexity index is 943. The molecule has 1 aliphatic heterocycles. The Kier molecular flexibility index (Phi) is 9.98. The molecule has 1 fully saturated rings. The number of piperidine rings is 1. The Morgan fingerprint density at radius 2 is 1.88 bits per heavy atom. The number of aromatic nitrogens is 1. The van der Waals surface area contributed by atoms with E-state index < -0.39 is 0 Å². The highest BCUT2D eigenvalue weighted by atomic mass is 79.9. The number of halogens is 3. The Labute approximate surface area is 213 Å². The van der Waals surface area contributed by atoms with Gasteiger partial charge in [-0.2, -0.15) is 0 Å². The molecule has 6 nitrogen and oxygen atoms in total. The number of pyridine rings is 1. The highest BCUT2D eigenvalue weighted by Crippen LogP contribution is 2.26. The van der Waals surface area contributed by atoms with E-state index in [0.29, 0.717) is 25.1 Å². The maximum atomic E-state index is 12.5. The van der Waals surface area contributed by atoms with Crippen molar-refractivity contribution in [3.05, 3.63) is 62.3 Å². The van der Waals surface area contributed by atoms with Crippen LogP contribution in [0.4, 0.5) is 0 Å². The number of hydrogen-bond acceptors (Lipinski definition) is 5. The van der Waals surface area contributed by atoms with E-state index in [1.165, 1.54) is 12.4 Å². The van der Waals surface area contributed by atoms with Crippen LogP contribution in [-0.4, -0.2) is 53.8 Å². The molecule has 33 heavy (non-hydrogen) atoms. The number of nitrogens with zero attached hydrogens (tertiary/aromatic N) is 3. The van der Waals surface area contributed by atoms with Gasteiger partial charge in [-0.15, -0.1) is 0 Å². The van der Waals surface area contributed by atoms with E-state index in [9.17, 15) is 4.79 Å². The van der Waals surface area contributed by atoms with E-state index in [-0.39, 0.29) is 21.5 Å². The predicted molar refractivity (Wildman–Crippen MR) is 137 cm³/mol. The van der Waals surface area contributed by atoms with Gasteiger partial charge >= 0.3 is 0 Å². The van der Waals surface area contributed by atoms with Gasteiger partial charge in [0.2, 0.25) is 0 Å². The maximum absolute atomic E-state index is 12.5. The molecule has 0 spiro atoms. The Morgan fingerprint density at radius 3 is 2.48 bits per heavy atom. The standard InChI is InChI=1S/C24H29BrCl2N4O2/c1-3-33-30-23(17-4-6-19(25)7-5-17)18-9-12-31(13-10-18)16(2)8-11-29-24(32)22-20(26)14-28-15-21(22)27/h4-7,14-16,18H,3,8-13H2,1-2H3,(H,29,32)/b30-23-. The summed E-state index contributed by atoms with van der Waals surface area (Å²) in [5, 5.41) is 7.89. The number of amides is 1. The first-order valence-electron chi connectivity index (χ1n) is 11.2. The van der Waals surface area contributed by atoms with Crippen molar-refractivity contribution in [1.29, 1.82) is 0 Å². The smallest absolute Gasteiger partial charge is 0.254 e. The fourth-order valence-electron chi connectivity index (χ4n) is 4.03. The molecule has 1 atom stereocenters. The van der Waals surface area contributed by atoms with Crippen LogP contribution in [0.5, 0.6) is 0 Å². The van der Waals surface area contributed by atoms with E-state index in [4.69, 9.17) is 28.0 Å². The molecular formula is C24H29BrCl2N4O2. The number of rotatable bonds is 9. The molecule has 1 amide bonds. The number of nitrogens with one attached hydrogen (secondary N) is 1. The van der Waals surface area contributed by atoms with E-state index >= 15 is 0 Å². The lowest BCUT2D eigenvalue weighted by molar-refractivity contribution is 0.0945. The van der Waals surface area contributed by atoms with Gasteiger partial charge in [-0.1, -0.05) is 56.4 Å². The molecule has 9 heteroatoms. The first-order chi connectivity index (χ1) is 15.9. The fraction of sp³-hybridized carbons (Fsp3) is 0.458. The van der Waals surface area contributed by atoms with Gasteiger partial charge in [0.25, 0.3) is 5.91 Å². The molecule has 0 saturated carbocycles. The van der Waals surface area contributed by atoms with Crippen molar-refractivity contribution < 1.29 is 9.63 Å². The number of hydrogen-bond donors (Lipinski definition) is 1. The molecule has 1 N–H and O–H groups in total. The molecule has 1 unspecified atom stereocenters. The summed E-state index contributed by atoms with van der Waals surface area (Å²) in [5.74, 6) is 0.0847. The minimum atomic E-state index is -0.274. The van der Waals surface area contributed by atoms with Crippen molar-refractivity contribution in [3.63, 3.8) is 0 Å². The molecule has 1 aromatic heterocycles. The zero-order valence-corrected chi connectivity index (χ0v) is 22.0. The number of oxime groups is 1. The van der Waals surface area contributed by atoms with Crippen LogP contribution in [0.2, 0.25) is 10.0 Å². The van der Waals surface area contributed by atoms with E-state index in [2.05, 4.69) is 55.3 Å². The SMILES string of the molecule is CCO/N=C(/c1ccc(Br)cc1)C1CCN(C(C)CCNC(=O)c2c(Cl)cncc2Cl)CC1. The lowest BCUT2D eigenvalue weighted by Crippen LogP contribution is -2.43. The number of benzene rings is 1. The molecule has 1 aliphatic rings. The van der Waals surface area contributed by atoms with Crippen LogP contribution in [0.3, 0.4) is 0 Å². The lowest BCUT2D eigenvalue weighted by atomic mass is 9.87. The number of likely N-dealkylation sites (tertiary alicyclic amines) is 1. The van der Waals surface area contributed by atoms with Crippen molar-refractivity contribution in [2.24, 2.45) is 11.1 Å². The minimum Gasteiger partial charge on any atom is -0.396 e. The second-order valence-electron chi connectivity index (χ2n) is 8.08. The highest BCUT2D eigenvalue weighted by Gasteiger charge is 2.27. The molecule has 178 valence electrons. The van der Waals surface area contributed by atoms with Gasteiger partial charge in [-0.05, 0) is 63.9 Å². The van der Waals surface area contributed by atoms with Gasteiger partial charge in [0.1, 0.15) is 6.61 Å². The highest BCUT2D eigenvalue weighted by molar-refractivity contribution is 9.10. The molecular weight excluding hydrogens is 527 g/mol. The Morgan fingerprint density at radius 1 is 1.24 bits per heavy atom. The van der Waals surface area contributed by atoms with Crippen molar-refractivity contribution in [1.82, 2.24) is 15.2 Å². The molecule has 0 bridgehead atoms. The zero-order valence-electron chi connectivity index (χ0n) is 18.9. The van der Waals surface area contributed by atoms with Crippen molar-refractivity contribution in [2.45, 2.75) is 39.2 Å². The maximum Gasteiger partial charge on any atom is 0.254 e. The number of carbonyl (C=O) groups excluding carboxylic acids is 1. The van der Waals surface area contributed by atoms with Gasteiger partial charge in [0.05, 0.1) is 21.3 Å². The third kappa shape index (κ3) is 7.15. The van der Waals surface area contributed by atoms with Crippen LogP contribution in [0.15, 0.2) is 46.3 Å².